The summed E-state index contributed by atoms with van der Waals surface area (Å²) in [6.07, 6.45) is 5.13. The summed E-state index contributed by atoms with van der Waals surface area (Å²) >= 11 is 0. The van der Waals surface area contributed by atoms with Crippen LogP contribution in [0.4, 0.5) is 10.2 Å². The van der Waals surface area contributed by atoms with Crippen LogP contribution in [0, 0.1) is 5.82 Å². The summed E-state index contributed by atoms with van der Waals surface area (Å²) in [5, 5.41) is 10.9. The molecule has 3 aromatic heterocycles. The second-order valence-corrected chi connectivity index (χ2v) is 7.18. The molecule has 4 rings (SSSR count). The Morgan fingerprint density at radius 2 is 2.28 bits per heavy atom. The molecule has 4 heterocycles. The predicted octanol–water partition coefficient (Wildman–Crippen LogP) is 2.51. The molecule has 8 nitrogen and oxygen atoms in total. The molecule has 0 unspecified atom stereocenters. The molecule has 29 heavy (non-hydrogen) atoms. The highest BCUT2D eigenvalue weighted by molar-refractivity contribution is 5.76. The van der Waals surface area contributed by atoms with Gasteiger partial charge in [0.1, 0.15) is 6.10 Å². The second kappa shape index (κ2) is 8.71. The third-order valence-electron chi connectivity index (χ3n) is 4.84. The van der Waals surface area contributed by atoms with Crippen molar-refractivity contribution in [1.29, 1.82) is 0 Å². The highest BCUT2D eigenvalue weighted by Crippen LogP contribution is 2.29. The molecule has 1 aliphatic heterocycles. The third kappa shape index (κ3) is 4.30. The highest BCUT2D eigenvalue weighted by Gasteiger charge is 2.23. The van der Waals surface area contributed by atoms with E-state index in [0.717, 1.165) is 31.4 Å². The van der Waals surface area contributed by atoms with Gasteiger partial charge in [0.2, 0.25) is 5.82 Å². The van der Waals surface area contributed by atoms with Crippen LogP contribution in [0.5, 0.6) is 5.88 Å². The molecule has 0 radical (unpaired) electrons. The zero-order valence-corrected chi connectivity index (χ0v) is 16.6. The van der Waals surface area contributed by atoms with Gasteiger partial charge in [0.05, 0.1) is 23.9 Å². The van der Waals surface area contributed by atoms with Crippen LogP contribution < -0.4 is 15.4 Å². The summed E-state index contributed by atoms with van der Waals surface area (Å²) in [4.78, 5) is 8.85. The fourth-order valence-electron chi connectivity index (χ4n) is 3.46. The van der Waals surface area contributed by atoms with Crippen molar-refractivity contribution in [3.05, 3.63) is 36.4 Å². The van der Waals surface area contributed by atoms with Crippen LogP contribution in [0.2, 0.25) is 0 Å². The van der Waals surface area contributed by atoms with E-state index in [1.807, 2.05) is 24.4 Å². The van der Waals surface area contributed by atoms with E-state index in [1.165, 1.54) is 0 Å². The van der Waals surface area contributed by atoms with Crippen LogP contribution in [0.25, 0.3) is 16.9 Å². The van der Waals surface area contributed by atoms with Crippen molar-refractivity contribution in [2.24, 2.45) is 0 Å². The normalized spacial score (nSPS) is 18.0. The second-order valence-electron chi connectivity index (χ2n) is 7.18. The van der Waals surface area contributed by atoms with Gasteiger partial charge in [-0.3, -0.25) is 0 Å². The summed E-state index contributed by atoms with van der Waals surface area (Å²) in [6, 6.07) is 5.81. The number of ether oxygens (including phenoxy) is 2. The molecule has 154 valence electrons. The number of nitrogens with zero attached hydrogens (tertiary/aromatic N) is 4. The van der Waals surface area contributed by atoms with E-state index in [9.17, 15) is 0 Å². The Morgan fingerprint density at radius 3 is 3.07 bits per heavy atom. The van der Waals surface area contributed by atoms with Gasteiger partial charge in [-0.05, 0) is 38.4 Å². The maximum atomic E-state index is 15.2. The van der Waals surface area contributed by atoms with Gasteiger partial charge in [-0.1, -0.05) is 6.07 Å². The molecule has 0 spiro atoms. The van der Waals surface area contributed by atoms with Crippen molar-refractivity contribution >= 4 is 11.3 Å². The molecule has 0 saturated carbocycles. The fourth-order valence-corrected chi connectivity index (χ4v) is 3.46. The summed E-state index contributed by atoms with van der Waals surface area (Å²) in [6.45, 7) is 3.86. The lowest BCUT2D eigenvalue weighted by Gasteiger charge is -2.25. The summed E-state index contributed by atoms with van der Waals surface area (Å²) in [7, 11) is 1.57. The monoisotopic (exact) mass is 400 g/mol. The number of rotatable bonds is 7. The minimum absolute atomic E-state index is 0.0918. The topological polar surface area (TPSA) is 85.6 Å². The molecule has 0 aliphatic carbocycles. The van der Waals surface area contributed by atoms with Crippen LogP contribution in [0.1, 0.15) is 19.8 Å². The lowest BCUT2D eigenvalue weighted by Crippen LogP contribution is -2.39. The molecule has 0 aromatic carbocycles. The maximum Gasteiger partial charge on any atom is 0.256 e. The Balaban J connectivity index is 1.74. The summed E-state index contributed by atoms with van der Waals surface area (Å²) in [5.74, 6) is -0.197. The summed E-state index contributed by atoms with van der Waals surface area (Å²) < 4.78 is 27.7. The molecule has 2 N–H and O–H groups in total. The van der Waals surface area contributed by atoms with E-state index in [1.54, 1.807) is 24.7 Å². The maximum absolute atomic E-state index is 15.2. The Kier molecular flexibility index (Phi) is 5.86. The SMILES string of the molecule is COC[C@H](C)Oc1nc(-c2cnn3ccccc23)nc(N[C@@H]2CCCNC2)c1F. The number of halogens is 1. The molecule has 1 fully saturated rings. The third-order valence-corrected chi connectivity index (χ3v) is 4.84. The van der Waals surface area contributed by atoms with Crippen LogP contribution in [-0.4, -0.2) is 58.5 Å². The molecule has 3 aromatic rings. The molecule has 9 heteroatoms. The molecule has 0 bridgehead atoms. The van der Waals surface area contributed by atoms with E-state index in [0.29, 0.717) is 18.0 Å². The number of fused-ring (bicyclic) bond motifs is 1. The van der Waals surface area contributed by atoms with Crippen LogP contribution in [0.15, 0.2) is 30.6 Å². The minimum Gasteiger partial charge on any atom is -0.470 e. The van der Waals surface area contributed by atoms with Crippen LogP contribution in [-0.2, 0) is 4.74 Å². The van der Waals surface area contributed by atoms with E-state index < -0.39 is 5.82 Å². The lowest BCUT2D eigenvalue weighted by atomic mass is 10.1. The van der Waals surface area contributed by atoms with Crippen molar-refractivity contribution in [2.75, 3.05) is 32.1 Å². The van der Waals surface area contributed by atoms with E-state index >= 15 is 4.39 Å². The minimum atomic E-state index is -0.598. The smallest absolute Gasteiger partial charge is 0.256 e. The number of anilines is 1. The quantitative estimate of drug-likeness (QED) is 0.630. The van der Waals surface area contributed by atoms with Gasteiger partial charge < -0.3 is 20.1 Å². The van der Waals surface area contributed by atoms with E-state index in [4.69, 9.17) is 9.47 Å². The van der Waals surface area contributed by atoms with Crippen molar-refractivity contribution in [3.63, 3.8) is 0 Å². The predicted molar refractivity (Wildman–Crippen MR) is 108 cm³/mol. The van der Waals surface area contributed by atoms with Crippen molar-refractivity contribution < 1.29 is 13.9 Å². The van der Waals surface area contributed by atoms with Gasteiger partial charge in [-0.2, -0.15) is 14.5 Å². The Bertz CT molecular complexity index is 973. The Hall–Kier alpha value is -2.78. The number of pyridine rings is 1. The van der Waals surface area contributed by atoms with Crippen LogP contribution in [0.3, 0.4) is 0 Å². The van der Waals surface area contributed by atoms with Gasteiger partial charge in [0.25, 0.3) is 5.88 Å². The van der Waals surface area contributed by atoms with E-state index in [2.05, 4.69) is 25.7 Å². The number of hydrogen-bond acceptors (Lipinski definition) is 7. The molecule has 1 saturated heterocycles. The number of nitrogens with one attached hydrogen (secondary N) is 2. The lowest BCUT2D eigenvalue weighted by molar-refractivity contribution is 0.0859. The standard InChI is InChI=1S/C20H25FN6O2/c1-13(12-28-2)29-20-17(21)19(24-14-6-5-8-22-10-14)25-18(26-20)15-11-23-27-9-4-3-7-16(15)27/h3-4,7,9,11,13-14,22H,5-6,8,10,12H2,1-2H3,(H,24,25,26)/t13-,14+/m0/s1. The number of methoxy groups -OCH3 is 1. The first-order valence-corrected chi connectivity index (χ1v) is 9.79. The molecular formula is C20H25FN6O2. The first-order chi connectivity index (χ1) is 14.2. The molecule has 1 aliphatic rings. The molecular weight excluding hydrogens is 375 g/mol. The first-order valence-electron chi connectivity index (χ1n) is 9.79. The average Bonchev–Trinajstić information content (AvgIpc) is 3.16. The molecule has 2 atom stereocenters. The van der Waals surface area contributed by atoms with Gasteiger partial charge in [-0.15, -0.1) is 0 Å². The summed E-state index contributed by atoms with van der Waals surface area (Å²) in [5.41, 5.74) is 1.54. The van der Waals surface area contributed by atoms with Gasteiger partial charge in [-0.25, -0.2) is 9.50 Å². The van der Waals surface area contributed by atoms with Crippen molar-refractivity contribution in [2.45, 2.75) is 31.9 Å². The van der Waals surface area contributed by atoms with Crippen LogP contribution >= 0.6 is 0 Å². The van der Waals surface area contributed by atoms with Crippen molar-refractivity contribution in [3.8, 4) is 17.3 Å². The zero-order chi connectivity index (χ0) is 20.2. The largest absolute Gasteiger partial charge is 0.470 e. The van der Waals surface area contributed by atoms with Gasteiger partial charge in [0, 0.05) is 25.9 Å². The fraction of sp³-hybridized carbons (Fsp3) is 0.450. The number of hydrogen-bond donors (Lipinski definition) is 2. The molecule has 0 amide bonds. The van der Waals surface area contributed by atoms with Gasteiger partial charge >= 0.3 is 0 Å². The zero-order valence-electron chi connectivity index (χ0n) is 16.6. The first kappa shape index (κ1) is 19.5. The number of aromatic nitrogens is 4. The van der Waals surface area contributed by atoms with Crippen molar-refractivity contribution in [1.82, 2.24) is 24.9 Å². The Morgan fingerprint density at radius 1 is 1.38 bits per heavy atom. The number of piperidine rings is 1. The highest BCUT2D eigenvalue weighted by atomic mass is 19.1. The Labute approximate surface area is 168 Å². The average molecular weight is 400 g/mol. The van der Waals surface area contributed by atoms with Gasteiger partial charge in [0.15, 0.2) is 11.6 Å². The van der Waals surface area contributed by atoms with E-state index in [-0.39, 0.29) is 23.8 Å².